The van der Waals surface area contributed by atoms with Gasteiger partial charge in [0.1, 0.15) is 0 Å². The predicted molar refractivity (Wildman–Crippen MR) is 78.2 cm³/mol. The Morgan fingerprint density at radius 3 is 2.83 bits per heavy atom. The molecule has 1 N–H and O–H groups in total. The third-order valence-electron chi connectivity index (χ3n) is 5.17. The molecule has 2 aliphatic heterocycles. The summed E-state index contributed by atoms with van der Waals surface area (Å²) in [6.07, 6.45) is 9.51. The molecule has 3 aliphatic rings. The Labute approximate surface area is 116 Å². The molecule has 0 amide bonds. The monoisotopic (exact) mass is 269 g/mol. The standard InChI is InChI=1S/C15H27NOS/c1-12(13-4-2-3-5-13)16-14-6-8-17-15(10-14)7-9-18-11-15/h12-14,16H,2-11H2,1H3. The van der Waals surface area contributed by atoms with Gasteiger partial charge in [0.25, 0.3) is 0 Å². The Bertz CT molecular complexity index is 272. The lowest BCUT2D eigenvalue weighted by Gasteiger charge is -2.40. The van der Waals surface area contributed by atoms with Gasteiger partial charge in [-0.3, -0.25) is 0 Å². The molecule has 1 aliphatic carbocycles. The van der Waals surface area contributed by atoms with Crippen molar-refractivity contribution in [2.75, 3.05) is 18.1 Å². The Kier molecular flexibility index (Phi) is 4.21. The molecule has 3 fully saturated rings. The number of hydrogen-bond donors (Lipinski definition) is 1. The van der Waals surface area contributed by atoms with E-state index in [1.807, 2.05) is 0 Å². The molecule has 2 heterocycles. The van der Waals surface area contributed by atoms with E-state index in [-0.39, 0.29) is 5.60 Å². The zero-order valence-corrected chi connectivity index (χ0v) is 12.4. The van der Waals surface area contributed by atoms with Crippen LogP contribution in [0.3, 0.4) is 0 Å². The van der Waals surface area contributed by atoms with Gasteiger partial charge < -0.3 is 10.1 Å². The van der Waals surface area contributed by atoms with E-state index >= 15 is 0 Å². The average Bonchev–Trinajstić information content (AvgIpc) is 3.01. The molecule has 104 valence electrons. The largest absolute Gasteiger partial charge is 0.374 e. The van der Waals surface area contributed by atoms with Gasteiger partial charge in [-0.25, -0.2) is 0 Å². The van der Waals surface area contributed by atoms with Crippen LogP contribution in [0.1, 0.15) is 51.9 Å². The molecule has 18 heavy (non-hydrogen) atoms. The quantitative estimate of drug-likeness (QED) is 0.850. The van der Waals surface area contributed by atoms with Crippen molar-refractivity contribution in [3.63, 3.8) is 0 Å². The predicted octanol–water partition coefficient (Wildman–Crippen LogP) is 3.21. The Hall–Kier alpha value is 0.270. The van der Waals surface area contributed by atoms with Crippen LogP contribution in [0.4, 0.5) is 0 Å². The van der Waals surface area contributed by atoms with Crippen LogP contribution in [0.15, 0.2) is 0 Å². The lowest BCUT2D eigenvalue weighted by atomic mass is 9.88. The average molecular weight is 269 g/mol. The molecule has 0 radical (unpaired) electrons. The Balaban J connectivity index is 1.52. The van der Waals surface area contributed by atoms with Crippen molar-refractivity contribution < 1.29 is 4.74 Å². The van der Waals surface area contributed by atoms with Gasteiger partial charge in [0.15, 0.2) is 0 Å². The summed E-state index contributed by atoms with van der Waals surface area (Å²) in [6, 6.07) is 1.41. The minimum atomic E-state index is 0.232. The van der Waals surface area contributed by atoms with Gasteiger partial charge >= 0.3 is 0 Å². The van der Waals surface area contributed by atoms with Crippen molar-refractivity contribution in [1.82, 2.24) is 5.32 Å². The van der Waals surface area contributed by atoms with Gasteiger partial charge in [-0.2, -0.15) is 11.8 Å². The summed E-state index contributed by atoms with van der Waals surface area (Å²) >= 11 is 2.07. The van der Waals surface area contributed by atoms with E-state index in [0.717, 1.165) is 12.5 Å². The topological polar surface area (TPSA) is 21.3 Å². The number of nitrogens with one attached hydrogen (secondary N) is 1. The van der Waals surface area contributed by atoms with E-state index in [0.29, 0.717) is 12.1 Å². The first-order valence-electron chi connectivity index (χ1n) is 7.75. The van der Waals surface area contributed by atoms with Gasteiger partial charge in [0.05, 0.1) is 5.60 Å². The minimum absolute atomic E-state index is 0.232. The van der Waals surface area contributed by atoms with Gasteiger partial charge in [-0.05, 0) is 50.7 Å². The van der Waals surface area contributed by atoms with Gasteiger partial charge in [-0.1, -0.05) is 12.8 Å². The van der Waals surface area contributed by atoms with Crippen LogP contribution in [0.2, 0.25) is 0 Å². The van der Waals surface area contributed by atoms with Gasteiger partial charge in [-0.15, -0.1) is 0 Å². The van der Waals surface area contributed by atoms with Crippen molar-refractivity contribution in [2.24, 2.45) is 5.92 Å². The highest BCUT2D eigenvalue weighted by molar-refractivity contribution is 7.99. The highest BCUT2D eigenvalue weighted by Gasteiger charge is 2.40. The molecule has 3 heteroatoms. The second-order valence-electron chi connectivity index (χ2n) is 6.52. The van der Waals surface area contributed by atoms with E-state index in [9.17, 15) is 0 Å². The molecule has 3 rings (SSSR count). The maximum atomic E-state index is 6.10. The molecular weight excluding hydrogens is 242 g/mol. The fourth-order valence-corrected chi connectivity index (χ4v) is 5.38. The van der Waals surface area contributed by atoms with E-state index in [2.05, 4.69) is 24.0 Å². The van der Waals surface area contributed by atoms with Crippen molar-refractivity contribution >= 4 is 11.8 Å². The van der Waals surface area contributed by atoms with Crippen LogP contribution in [0.25, 0.3) is 0 Å². The van der Waals surface area contributed by atoms with Gasteiger partial charge in [0.2, 0.25) is 0 Å². The molecule has 1 saturated carbocycles. The molecule has 0 aromatic carbocycles. The minimum Gasteiger partial charge on any atom is -0.374 e. The maximum Gasteiger partial charge on any atom is 0.0795 e. The molecule has 3 atom stereocenters. The molecule has 0 aromatic heterocycles. The summed E-state index contributed by atoms with van der Waals surface area (Å²) in [5, 5.41) is 3.92. The third-order valence-corrected chi connectivity index (χ3v) is 6.39. The summed E-state index contributed by atoms with van der Waals surface area (Å²) in [5.74, 6) is 3.45. The van der Waals surface area contributed by atoms with Crippen LogP contribution in [0.5, 0.6) is 0 Å². The number of thioether (sulfide) groups is 1. The second-order valence-corrected chi connectivity index (χ2v) is 7.63. The molecular formula is C15H27NOS. The fraction of sp³-hybridized carbons (Fsp3) is 1.00. The summed E-state index contributed by atoms with van der Waals surface area (Å²) < 4.78 is 6.10. The molecule has 3 unspecified atom stereocenters. The Morgan fingerprint density at radius 2 is 2.11 bits per heavy atom. The smallest absolute Gasteiger partial charge is 0.0795 e. The molecule has 1 spiro atoms. The number of rotatable bonds is 3. The fourth-order valence-electron chi connectivity index (χ4n) is 4.00. The van der Waals surface area contributed by atoms with Crippen molar-refractivity contribution in [3.8, 4) is 0 Å². The van der Waals surface area contributed by atoms with E-state index < -0.39 is 0 Å². The van der Waals surface area contributed by atoms with Crippen molar-refractivity contribution in [1.29, 1.82) is 0 Å². The normalized spacial score (nSPS) is 39.5. The molecule has 0 bridgehead atoms. The second kappa shape index (κ2) is 5.72. The highest BCUT2D eigenvalue weighted by Crippen LogP contribution is 2.38. The van der Waals surface area contributed by atoms with Crippen LogP contribution in [0, 0.1) is 5.92 Å². The highest BCUT2D eigenvalue weighted by atomic mass is 32.2. The lowest BCUT2D eigenvalue weighted by molar-refractivity contribution is -0.0718. The van der Waals surface area contributed by atoms with E-state index in [1.54, 1.807) is 0 Å². The number of ether oxygens (including phenoxy) is 1. The van der Waals surface area contributed by atoms with E-state index in [1.165, 1.54) is 56.5 Å². The SMILES string of the molecule is CC(NC1CCOC2(CCSC2)C1)C1CCCC1. The number of hydrogen-bond acceptors (Lipinski definition) is 3. The van der Waals surface area contributed by atoms with Crippen LogP contribution in [-0.4, -0.2) is 35.8 Å². The maximum absolute atomic E-state index is 6.10. The summed E-state index contributed by atoms with van der Waals surface area (Å²) in [6.45, 7) is 3.37. The third kappa shape index (κ3) is 2.88. The van der Waals surface area contributed by atoms with Crippen molar-refractivity contribution in [3.05, 3.63) is 0 Å². The summed E-state index contributed by atoms with van der Waals surface area (Å²) in [5.41, 5.74) is 0.232. The van der Waals surface area contributed by atoms with Crippen molar-refractivity contribution in [2.45, 2.75) is 69.6 Å². The lowest BCUT2D eigenvalue weighted by Crippen LogP contribution is -2.50. The summed E-state index contributed by atoms with van der Waals surface area (Å²) in [7, 11) is 0. The molecule has 0 aromatic rings. The van der Waals surface area contributed by atoms with Crippen LogP contribution in [-0.2, 0) is 4.74 Å². The first kappa shape index (κ1) is 13.3. The first-order valence-corrected chi connectivity index (χ1v) is 8.91. The molecule has 2 nitrogen and oxygen atoms in total. The van der Waals surface area contributed by atoms with Crippen LogP contribution >= 0.6 is 11.8 Å². The Morgan fingerprint density at radius 1 is 1.28 bits per heavy atom. The van der Waals surface area contributed by atoms with E-state index in [4.69, 9.17) is 4.74 Å². The summed E-state index contributed by atoms with van der Waals surface area (Å²) in [4.78, 5) is 0. The molecule has 2 saturated heterocycles. The first-order chi connectivity index (χ1) is 8.77. The zero-order chi connectivity index (χ0) is 12.4. The van der Waals surface area contributed by atoms with Gasteiger partial charge in [0, 0.05) is 24.4 Å². The zero-order valence-electron chi connectivity index (χ0n) is 11.6. The van der Waals surface area contributed by atoms with Crippen LogP contribution < -0.4 is 5.32 Å².